The highest BCUT2D eigenvalue weighted by atomic mass is 17.3. The SMILES string of the molecule is C=C(C)C(=O)OON1CCCC(C)(C)C1(C)C. The number of piperidine rings is 1. The molecule has 1 aliphatic heterocycles. The zero-order valence-corrected chi connectivity index (χ0v) is 11.5. The minimum absolute atomic E-state index is 0.112. The van der Waals surface area contributed by atoms with Crippen molar-refractivity contribution in [3.63, 3.8) is 0 Å². The summed E-state index contributed by atoms with van der Waals surface area (Å²) in [5.41, 5.74) is 0.265. The molecule has 0 amide bonds. The van der Waals surface area contributed by atoms with E-state index < -0.39 is 5.97 Å². The van der Waals surface area contributed by atoms with Crippen molar-refractivity contribution < 1.29 is 14.7 Å². The molecule has 4 nitrogen and oxygen atoms in total. The summed E-state index contributed by atoms with van der Waals surface area (Å²) >= 11 is 0. The molecule has 0 aliphatic carbocycles. The predicted octanol–water partition coefficient (Wildman–Crippen LogP) is 2.85. The standard InChI is InChI=1S/C13H23NO3/c1-10(2)11(15)16-17-14-9-7-8-12(3,4)13(14,5)6/h1,7-9H2,2-6H3. The molecule has 0 atom stereocenters. The Morgan fingerprint density at radius 2 is 1.88 bits per heavy atom. The fourth-order valence-electron chi connectivity index (χ4n) is 1.87. The molecule has 17 heavy (non-hydrogen) atoms. The van der Waals surface area contributed by atoms with E-state index in [1.165, 1.54) is 0 Å². The fraction of sp³-hybridized carbons (Fsp3) is 0.769. The summed E-state index contributed by atoms with van der Waals surface area (Å²) in [6, 6.07) is 0. The first kappa shape index (κ1) is 14.2. The molecule has 1 fully saturated rings. The number of carbonyl (C=O) groups excluding carboxylic acids is 1. The van der Waals surface area contributed by atoms with Gasteiger partial charge in [0, 0.05) is 17.7 Å². The maximum absolute atomic E-state index is 11.3. The number of nitrogens with zero attached hydrogens (tertiary/aromatic N) is 1. The molecule has 1 rings (SSSR count). The van der Waals surface area contributed by atoms with Crippen LogP contribution in [0.4, 0.5) is 0 Å². The van der Waals surface area contributed by atoms with Gasteiger partial charge in [-0.1, -0.05) is 25.4 Å². The van der Waals surface area contributed by atoms with Crippen LogP contribution in [0.3, 0.4) is 0 Å². The lowest BCUT2D eigenvalue weighted by Crippen LogP contribution is -2.57. The minimum Gasteiger partial charge on any atom is -0.275 e. The Morgan fingerprint density at radius 3 is 2.41 bits per heavy atom. The van der Waals surface area contributed by atoms with Gasteiger partial charge in [0.05, 0.1) is 0 Å². The van der Waals surface area contributed by atoms with Crippen LogP contribution in [-0.2, 0) is 14.7 Å². The van der Waals surface area contributed by atoms with Gasteiger partial charge >= 0.3 is 5.97 Å². The third-order valence-corrected chi connectivity index (χ3v) is 3.99. The highest BCUT2D eigenvalue weighted by Gasteiger charge is 2.46. The number of hydrogen-bond acceptors (Lipinski definition) is 4. The first-order chi connectivity index (χ1) is 7.68. The Hall–Kier alpha value is -0.870. The minimum atomic E-state index is -0.524. The summed E-state index contributed by atoms with van der Waals surface area (Å²) in [5, 5.41) is 1.75. The van der Waals surface area contributed by atoms with E-state index in [0.717, 1.165) is 19.4 Å². The Balaban J connectivity index is 2.65. The van der Waals surface area contributed by atoms with Crippen LogP contribution in [0.5, 0.6) is 0 Å². The Bertz CT molecular complexity index is 321. The Morgan fingerprint density at radius 1 is 1.29 bits per heavy atom. The van der Waals surface area contributed by atoms with Crippen LogP contribution in [0.1, 0.15) is 47.5 Å². The number of rotatable bonds is 3. The van der Waals surface area contributed by atoms with E-state index in [9.17, 15) is 4.79 Å². The van der Waals surface area contributed by atoms with E-state index in [1.807, 2.05) is 0 Å². The summed E-state index contributed by atoms with van der Waals surface area (Å²) in [6.45, 7) is 14.5. The molecule has 0 bridgehead atoms. The molecule has 0 unspecified atom stereocenters. The molecular formula is C13H23NO3. The number of hydrogen-bond donors (Lipinski definition) is 0. The van der Waals surface area contributed by atoms with Crippen molar-refractivity contribution in [2.45, 2.75) is 53.0 Å². The van der Waals surface area contributed by atoms with Crippen molar-refractivity contribution in [1.82, 2.24) is 5.06 Å². The van der Waals surface area contributed by atoms with Gasteiger partial charge in [0.1, 0.15) is 0 Å². The van der Waals surface area contributed by atoms with Gasteiger partial charge in [-0.2, -0.15) is 0 Å². The lowest BCUT2D eigenvalue weighted by atomic mass is 9.69. The van der Waals surface area contributed by atoms with Gasteiger partial charge in [-0.25, -0.2) is 4.79 Å². The molecule has 0 saturated carbocycles. The van der Waals surface area contributed by atoms with Crippen molar-refractivity contribution >= 4 is 5.97 Å². The van der Waals surface area contributed by atoms with E-state index in [-0.39, 0.29) is 11.0 Å². The summed E-state index contributed by atoms with van der Waals surface area (Å²) < 4.78 is 0. The van der Waals surface area contributed by atoms with Crippen molar-refractivity contribution in [3.05, 3.63) is 12.2 Å². The molecule has 0 aromatic heterocycles. The third-order valence-electron chi connectivity index (χ3n) is 3.99. The lowest BCUT2D eigenvalue weighted by molar-refractivity contribution is -0.433. The maximum atomic E-state index is 11.3. The molecule has 98 valence electrons. The van der Waals surface area contributed by atoms with Crippen molar-refractivity contribution in [1.29, 1.82) is 0 Å². The van der Waals surface area contributed by atoms with E-state index in [4.69, 9.17) is 9.88 Å². The Labute approximate surface area is 103 Å². The largest absolute Gasteiger partial charge is 0.370 e. The number of hydroxylamine groups is 2. The molecule has 0 aromatic rings. The van der Waals surface area contributed by atoms with E-state index in [0.29, 0.717) is 5.57 Å². The monoisotopic (exact) mass is 241 g/mol. The smallest absolute Gasteiger partial charge is 0.275 e. The maximum Gasteiger partial charge on any atom is 0.370 e. The molecule has 0 radical (unpaired) electrons. The van der Waals surface area contributed by atoms with Crippen LogP contribution in [0.25, 0.3) is 0 Å². The average Bonchev–Trinajstić information content (AvgIpc) is 2.19. The van der Waals surface area contributed by atoms with Gasteiger partial charge in [0.25, 0.3) is 0 Å². The summed E-state index contributed by atoms with van der Waals surface area (Å²) in [4.78, 5) is 21.2. The Kier molecular flexibility index (Phi) is 3.99. The van der Waals surface area contributed by atoms with Crippen LogP contribution in [-0.4, -0.2) is 23.1 Å². The zero-order chi connectivity index (χ0) is 13.3. The van der Waals surface area contributed by atoms with Gasteiger partial charge in [0.2, 0.25) is 0 Å². The first-order valence-electron chi connectivity index (χ1n) is 6.00. The van der Waals surface area contributed by atoms with Gasteiger partial charge < -0.3 is 0 Å². The van der Waals surface area contributed by atoms with Crippen LogP contribution < -0.4 is 0 Å². The van der Waals surface area contributed by atoms with Crippen molar-refractivity contribution in [2.75, 3.05) is 6.54 Å². The van der Waals surface area contributed by atoms with Gasteiger partial charge in [0.15, 0.2) is 0 Å². The van der Waals surface area contributed by atoms with Gasteiger partial charge in [-0.15, -0.1) is 5.06 Å². The molecule has 1 heterocycles. The second-order valence-corrected chi connectivity index (χ2v) is 5.87. The first-order valence-corrected chi connectivity index (χ1v) is 6.00. The van der Waals surface area contributed by atoms with Gasteiger partial charge in [-0.05, 0) is 39.0 Å². The third kappa shape index (κ3) is 2.87. The average molecular weight is 241 g/mol. The van der Waals surface area contributed by atoms with E-state index in [1.54, 1.807) is 12.0 Å². The highest BCUT2D eigenvalue weighted by molar-refractivity contribution is 5.86. The van der Waals surface area contributed by atoms with E-state index in [2.05, 4.69) is 34.3 Å². The zero-order valence-electron chi connectivity index (χ0n) is 11.5. The van der Waals surface area contributed by atoms with Crippen molar-refractivity contribution in [3.8, 4) is 0 Å². The number of carbonyl (C=O) groups is 1. The van der Waals surface area contributed by atoms with Gasteiger partial charge in [-0.3, -0.25) is 4.89 Å². The summed E-state index contributed by atoms with van der Waals surface area (Å²) in [6.07, 6.45) is 2.16. The molecular weight excluding hydrogens is 218 g/mol. The molecule has 0 spiro atoms. The second kappa shape index (κ2) is 4.78. The van der Waals surface area contributed by atoms with Crippen LogP contribution >= 0.6 is 0 Å². The highest BCUT2D eigenvalue weighted by Crippen LogP contribution is 2.43. The van der Waals surface area contributed by atoms with E-state index >= 15 is 0 Å². The fourth-order valence-corrected chi connectivity index (χ4v) is 1.87. The molecule has 1 aliphatic rings. The lowest BCUT2D eigenvalue weighted by Gasteiger charge is -2.50. The van der Waals surface area contributed by atoms with Crippen LogP contribution in [0.15, 0.2) is 12.2 Å². The topological polar surface area (TPSA) is 38.8 Å². The molecule has 4 heteroatoms. The second-order valence-electron chi connectivity index (χ2n) is 5.87. The molecule has 1 saturated heterocycles. The van der Waals surface area contributed by atoms with Crippen molar-refractivity contribution in [2.24, 2.45) is 5.41 Å². The summed E-state index contributed by atoms with van der Waals surface area (Å²) in [5.74, 6) is -0.524. The van der Waals surface area contributed by atoms with Crippen LogP contribution in [0.2, 0.25) is 0 Å². The predicted molar refractivity (Wildman–Crippen MR) is 65.8 cm³/mol. The molecule has 0 aromatic carbocycles. The molecule has 0 N–H and O–H groups in total. The van der Waals surface area contributed by atoms with Crippen LogP contribution in [0, 0.1) is 5.41 Å². The quantitative estimate of drug-likeness (QED) is 0.432. The summed E-state index contributed by atoms with van der Waals surface area (Å²) in [7, 11) is 0. The normalized spacial score (nSPS) is 23.1.